The van der Waals surface area contributed by atoms with Crippen molar-refractivity contribution in [1.29, 1.82) is 0 Å². The quantitative estimate of drug-likeness (QED) is 0.924. The Morgan fingerprint density at radius 1 is 1.35 bits per heavy atom. The third-order valence-corrected chi connectivity index (χ3v) is 4.59. The minimum absolute atomic E-state index is 0.0350. The second-order valence-electron chi connectivity index (χ2n) is 7.27. The second-order valence-corrected chi connectivity index (χ2v) is 8.59. The highest BCUT2D eigenvalue weighted by molar-refractivity contribution is 7.12. The van der Waals surface area contributed by atoms with Crippen LogP contribution in [0.4, 0.5) is 0 Å². The predicted molar refractivity (Wildman–Crippen MR) is 84.7 cm³/mol. The summed E-state index contributed by atoms with van der Waals surface area (Å²) in [5, 5.41) is 3.53. The van der Waals surface area contributed by atoms with Crippen LogP contribution in [0.3, 0.4) is 0 Å². The molecular formula is C16H26N2OS. The average molecular weight is 294 g/mol. The molecule has 1 aromatic rings. The van der Waals surface area contributed by atoms with Crippen LogP contribution in [0.5, 0.6) is 0 Å². The van der Waals surface area contributed by atoms with Crippen LogP contribution >= 0.6 is 11.3 Å². The fourth-order valence-corrected chi connectivity index (χ4v) is 3.58. The number of nitrogens with zero attached hydrogens (tertiary/aromatic N) is 1. The van der Waals surface area contributed by atoms with Gasteiger partial charge in [-0.2, -0.15) is 0 Å². The summed E-state index contributed by atoms with van der Waals surface area (Å²) in [5.74, 6) is 0.557. The van der Waals surface area contributed by atoms with Crippen molar-refractivity contribution in [1.82, 2.24) is 10.2 Å². The third-order valence-electron chi connectivity index (χ3n) is 3.54. The van der Waals surface area contributed by atoms with Crippen LogP contribution in [-0.2, 0) is 4.79 Å². The summed E-state index contributed by atoms with van der Waals surface area (Å²) < 4.78 is 0. The summed E-state index contributed by atoms with van der Waals surface area (Å²) in [6.07, 6.45) is 0.0350. The predicted octanol–water partition coefficient (Wildman–Crippen LogP) is 3.56. The number of aryl methyl sites for hydroxylation is 1. The number of hydrogen-bond acceptors (Lipinski definition) is 3. The summed E-state index contributed by atoms with van der Waals surface area (Å²) >= 11 is 1.77. The van der Waals surface area contributed by atoms with Crippen molar-refractivity contribution in [3.63, 3.8) is 0 Å². The fraction of sp³-hybridized carbons (Fsp3) is 0.688. The van der Waals surface area contributed by atoms with Crippen LogP contribution in [0.1, 0.15) is 50.5 Å². The molecule has 3 nitrogen and oxygen atoms in total. The van der Waals surface area contributed by atoms with Gasteiger partial charge in [-0.15, -0.1) is 11.3 Å². The van der Waals surface area contributed by atoms with Crippen LogP contribution in [-0.4, -0.2) is 23.4 Å². The van der Waals surface area contributed by atoms with E-state index in [1.165, 1.54) is 9.75 Å². The topological polar surface area (TPSA) is 32.3 Å². The van der Waals surface area contributed by atoms with Gasteiger partial charge in [0.25, 0.3) is 0 Å². The first-order valence-corrected chi connectivity index (χ1v) is 8.13. The average Bonchev–Trinajstić information content (AvgIpc) is 2.83. The zero-order valence-corrected chi connectivity index (χ0v) is 14.2. The Hall–Kier alpha value is -0.870. The van der Waals surface area contributed by atoms with Crippen molar-refractivity contribution in [2.24, 2.45) is 11.3 Å². The van der Waals surface area contributed by atoms with E-state index >= 15 is 0 Å². The molecule has 0 radical (unpaired) electrons. The third kappa shape index (κ3) is 3.23. The highest BCUT2D eigenvalue weighted by Crippen LogP contribution is 2.34. The number of thiophene rings is 1. The van der Waals surface area contributed by atoms with E-state index in [1.54, 1.807) is 11.3 Å². The van der Waals surface area contributed by atoms with Gasteiger partial charge in [0.05, 0.1) is 6.04 Å². The van der Waals surface area contributed by atoms with E-state index < -0.39 is 0 Å². The fourth-order valence-electron chi connectivity index (χ4n) is 2.63. The number of hydrogen-bond donors (Lipinski definition) is 1. The van der Waals surface area contributed by atoms with E-state index in [-0.39, 0.29) is 23.5 Å². The number of amides is 1. The van der Waals surface area contributed by atoms with Crippen molar-refractivity contribution < 1.29 is 4.79 Å². The molecule has 2 unspecified atom stereocenters. The molecule has 1 aliphatic heterocycles. The molecule has 2 rings (SSSR count). The van der Waals surface area contributed by atoms with Crippen LogP contribution < -0.4 is 5.32 Å². The zero-order valence-electron chi connectivity index (χ0n) is 13.4. The first-order valence-electron chi connectivity index (χ1n) is 7.32. The lowest BCUT2D eigenvalue weighted by Crippen LogP contribution is -2.38. The van der Waals surface area contributed by atoms with Crippen molar-refractivity contribution >= 4 is 17.2 Å². The van der Waals surface area contributed by atoms with Crippen molar-refractivity contribution in [3.05, 3.63) is 21.9 Å². The number of rotatable bonds is 3. The van der Waals surface area contributed by atoms with Gasteiger partial charge in [0.1, 0.15) is 6.17 Å². The highest BCUT2D eigenvalue weighted by atomic mass is 32.1. The molecule has 0 aromatic carbocycles. The largest absolute Gasteiger partial charge is 0.320 e. The summed E-state index contributed by atoms with van der Waals surface area (Å²) in [5.41, 5.74) is 0.105. The van der Waals surface area contributed by atoms with Crippen molar-refractivity contribution in [3.8, 4) is 0 Å². The molecule has 2 heterocycles. The number of carbonyl (C=O) groups is 1. The van der Waals surface area contributed by atoms with Gasteiger partial charge >= 0.3 is 0 Å². The van der Waals surface area contributed by atoms with Gasteiger partial charge in [-0.3, -0.25) is 10.1 Å². The SMILES string of the molecule is Cc1ccc(C2NC(C(C)C)C(=O)N2CC(C)(C)C)s1. The normalized spacial score (nSPS) is 23.9. The zero-order chi connectivity index (χ0) is 15.1. The molecule has 2 atom stereocenters. The Kier molecular flexibility index (Phi) is 4.26. The van der Waals surface area contributed by atoms with Gasteiger partial charge in [-0.1, -0.05) is 34.6 Å². The van der Waals surface area contributed by atoms with Gasteiger partial charge < -0.3 is 4.90 Å². The van der Waals surface area contributed by atoms with E-state index in [4.69, 9.17) is 0 Å². The maximum absolute atomic E-state index is 12.7. The molecule has 20 heavy (non-hydrogen) atoms. The van der Waals surface area contributed by atoms with Crippen molar-refractivity contribution in [2.45, 2.75) is 53.8 Å². The van der Waals surface area contributed by atoms with E-state index in [9.17, 15) is 4.79 Å². The molecule has 0 aliphatic carbocycles. The lowest BCUT2D eigenvalue weighted by molar-refractivity contribution is -0.132. The van der Waals surface area contributed by atoms with E-state index in [2.05, 4.69) is 59.0 Å². The Morgan fingerprint density at radius 3 is 2.45 bits per heavy atom. The lowest BCUT2D eigenvalue weighted by Gasteiger charge is -2.30. The highest BCUT2D eigenvalue weighted by Gasteiger charge is 2.42. The van der Waals surface area contributed by atoms with Gasteiger partial charge in [0.15, 0.2) is 0 Å². The van der Waals surface area contributed by atoms with Crippen LogP contribution in [0, 0.1) is 18.3 Å². The smallest absolute Gasteiger partial charge is 0.241 e. The second kappa shape index (κ2) is 5.49. The molecule has 4 heteroatoms. The minimum atomic E-state index is -0.0650. The first-order chi connectivity index (χ1) is 9.19. The summed E-state index contributed by atoms with van der Waals surface area (Å²) in [7, 11) is 0. The minimum Gasteiger partial charge on any atom is -0.320 e. The molecule has 0 spiro atoms. The molecule has 1 amide bonds. The van der Waals surface area contributed by atoms with Gasteiger partial charge in [0, 0.05) is 16.3 Å². The number of carbonyl (C=O) groups excluding carboxylic acids is 1. The summed E-state index contributed by atoms with van der Waals surface area (Å²) in [6, 6.07) is 4.21. The van der Waals surface area contributed by atoms with Crippen LogP contribution in [0.15, 0.2) is 12.1 Å². The van der Waals surface area contributed by atoms with E-state index in [0.717, 1.165) is 6.54 Å². The standard InChI is InChI=1S/C16H26N2OS/c1-10(2)13-15(19)18(9-16(4,5)6)14(17-13)12-8-7-11(3)20-12/h7-8,10,13-14,17H,9H2,1-6H3. The van der Waals surface area contributed by atoms with Crippen LogP contribution in [0.2, 0.25) is 0 Å². The molecule has 1 aliphatic rings. The Morgan fingerprint density at radius 2 is 2.00 bits per heavy atom. The molecule has 112 valence electrons. The molecule has 0 saturated carbocycles. The maximum Gasteiger partial charge on any atom is 0.241 e. The van der Waals surface area contributed by atoms with Gasteiger partial charge in [0.2, 0.25) is 5.91 Å². The Bertz CT molecular complexity index is 487. The summed E-state index contributed by atoms with van der Waals surface area (Å²) in [4.78, 5) is 17.2. The molecule has 1 saturated heterocycles. The molecule has 1 N–H and O–H groups in total. The van der Waals surface area contributed by atoms with Gasteiger partial charge in [-0.05, 0) is 30.4 Å². The van der Waals surface area contributed by atoms with Gasteiger partial charge in [-0.25, -0.2) is 0 Å². The molecule has 1 aromatic heterocycles. The Balaban J connectivity index is 2.29. The monoisotopic (exact) mass is 294 g/mol. The van der Waals surface area contributed by atoms with Crippen molar-refractivity contribution in [2.75, 3.05) is 6.54 Å². The first kappa shape index (κ1) is 15.5. The molecule has 1 fully saturated rings. The number of nitrogens with one attached hydrogen (secondary N) is 1. The van der Waals surface area contributed by atoms with E-state index in [0.29, 0.717) is 5.92 Å². The summed E-state index contributed by atoms with van der Waals surface area (Å²) in [6.45, 7) is 13.6. The van der Waals surface area contributed by atoms with Crippen LogP contribution in [0.25, 0.3) is 0 Å². The van der Waals surface area contributed by atoms with E-state index in [1.807, 2.05) is 4.90 Å². The molecule has 0 bridgehead atoms. The Labute approximate surface area is 126 Å². The molecular weight excluding hydrogens is 268 g/mol. The lowest BCUT2D eigenvalue weighted by atomic mass is 9.95. The maximum atomic E-state index is 12.7.